The van der Waals surface area contributed by atoms with Gasteiger partial charge in [-0.15, -0.1) is 11.3 Å². The third-order valence-electron chi connectivity index (χ3n) is 2.76. The Bertz CT molecular complexity index is 524. The van der Waals surface area contributed by atoms with Crippen molar-refractivity contribution in [3.63, 3.8) is 0 Å². The van der Waals surface area contributed by atoms with Crippen molar-refractivity contribution in [2.75, 3.05) is 12.3 Å². The van der Waals surface area contributed by atoms with Crippen molar-refractivity contribution in [3.8, 4) is 0 Å². The summed E-state index contributed by atoms with van der Waals surface area (Å²) in [6.07, 6.45) is 2.02. The molecule has 2 aromatic rings. The lowest BCUT2D eigenvalue weighted by Crippen LogP contribution is -2.25. The van der Waals surface area contributed by atoms with Gasteiger partial charge < -0.3 is 11.1 Å². The number of nitrogen functional groups attached to an aromatic ring is 1. The number of benzene rings is 1. The Labute approximate surface area is 116 Å². The molecule has 0 fully saturated rings. The highest BCUT2D eigenvalue weighted by molar-refractivity contribution is 7.13. The molecule has 0 saturated heterocycles. The van der Waals surface area contributed by atoms with E-state index in [0.29, 0.717) is 18.1 Å². The topological polar surface area (TPSA) is 68.0 Å². The van der Waals surface area contributed by atoms with E-state index in [1.807, 2.05) is 35.7 Å². The zero-order valence-corrected chi connectivity index (χ0v) is 11.5. The molecule has 3 N–H and O–H groups in total. The predicted octanol–water partition coefficient (Wildman–Crippen LogP) is 2.02. The molecule has 100 valence electrons. The predicted molar refractivity (Wildman–Crippen MR) is 78.0 cm³/mol. The highest BCUT2D eigenvalue weighted by Gasteiger charge is 2.03. The van der Waals surface area contributed by atoms with E-state index in [9.17, 15) is 4.79 Å². The molecule has 0 bridgehead atoms. The maximum Gasteiger partial charge on any atom is 0.220 e. The van der Waals surface area contributed by atoms with Crippen LogP contribution in [0.4, 0.5) is 5.13 Å². The smallest absolute Gasteiger partial charge is 0.220 e. The Balaban J connectivity index is 1.65. The van der Waals surface area contributed by atoms with Gasteiger partial charge in [0.2, 0.25) is 5.91 Å². The van der Waals surface area contributed by atoms with Crippen LogP contribution in [-0.4, -0.2) is 17.4 Å². The number of nitrogens with zero attached hydrogens (tertiary/aromatic N) is 1. The molecule has 4 nitrogen and oxygen atoms in total. The van der Waals surface area contributed by atoms with Gasteiger partial charge in [-0.1, -0.05) is 30.3 Å². The number of thiazole rings is 1. The fraction of sp³-hybridized carbons (Fsp3) is 0.286. The number of nitrogens with two attached hydrogens (primary N) is 1. The normalized spacial score (nSPS) is 10.3. The number of nitrogens with one attached hydrogen (secondary N) is 1. The average molecular weight is 275 g/mol. The van der Waals surface area contributed by atoms with Crippen molar-refractivity contribution in [2.45, 2.75) is 19.3 Å². The number of amides is 1. The second kappa shape index (κ2) is 6.89. The summed E-state index contributed by atoms with van der Waals surface area (Å²) >= 11 is 1.42. The van der Waals surface area contributed by atoms with Crippen LogP contribution in [0.5, 0.6) is 0 Å². The zero-order valence-electron chi connectivity index (χ0n) is 10.6. The van der Waals surface area contributed by atoms with Gasteiger partial charge >= 0.3 is 0 Å². The van der Waals surface area contributed by atoms with Crippen molar-refractivity contribution in [3.05, 3.63) is 47.0 Å². The molecule has 1 aromatic carbocycles. The maximum atomic E-state index is 11.7. The number of carbonyl (C=O) groups is 1. The number of aryl methyl sites for hydroxylation is 1. The SMILES string of the molecule is Nc1nc(CCNC(=O)CCc2ccccc2)cs1. The quantitative estimate of drug-likeness (QED) is 0.847. The second-order valence-electron chi connectivity index (χ2n) is 4.26. The number of carbonyl (C=O) groups excluding carboxylic acids is 1. The molecule has 5 heteroatoms. The summed E-state index contributed by atoms with van der Waals surface area (Å²) in [5.74, 6) is 0.0760. The van der Waals surface area contributed by atoms with Crippen LogP contribution < -0.4 is 11.1 Å². The van der Waals surface area contributed by atoms with E-state index in [2.05, 4.69) is 10.3 Å². The molecule has 2 rings (SSSR count). The van der Waals surface area contributed by atoms with Crippen molar-refractivity contribution < 1.29 is 4.79 Å². The van der Waals surface area contributed by atoms with E-state index >= 15 is 0 Å². The summed E-state index contributed by atoms with van der Waals surface area (Å²) in [5.41, 5.74) is 7.66. The summed E-state index contributed by atoms with van der Waals surface area (Å²) in [7, 11) is 0. The van der Waals surface area contributed by atoms with E-state index in [1.165, 1.54) is 16.9 Å². The monoisotopic (exact) mass is 275 g/mol. The molecule has 1 amide bonds. The first-order valence-corrected chi connectivity index (χ1v) is 7.12. The van der Waals surface area contributed by atoms with E-state index in [1.54, 1.807) is 0 Å². The van der Waals surface area contributed by atoms with E-state index in [-0.39, 0.29) is 5.91 Å². The molecule has 0 aliphatic heterocycles. The minimum Gasteiger partial charge on any atom is -0.375 e. The number of aromatic nitrogens is 1. The molecule has 0 aliphatic rings. The summed E-state index contributed by atoms with van der Waals surface area (Å²) in [5, 5.41) is 5.39. The number of hydrogen-bond acceptors (Lipinski definition) is 4. The first kappa shape index (κ1) is 13.5. The minimum atomic E-state index is 0.0760. The Hall–Kier alpha value is -1.88. The molecule has 0 aliphatic carbocycles. The summed E-state index contributed by atoms with van der Waals surface area (Å²) in [6.45, 7) is 0.608. The second-order valence-corrected chi connectivity index (χ2v) is 5.15. The van der Waals surface area contributed by atoms with Gasteiger partial charge in [-0.05, 0) is 12.0 Å². The Morgan fingerprint density at radius 2 is 2.05 bits per heavy atom. The first-order chi connectivity index (χ1) is 9.24. The summed E-state index contributed by atoms with van der Waals surface area (Å²) in [4.78, 5) is 15.8. The van der Waals surface area contributed by atoms with Crippen LogP contribution in [0.3, 0.4) is 0 Å². The molecule has 0 radical (unpaired) electrons. The molecule has 0 unspecified atom stereocenters. The van der Waals surface area contributed by atoms with Gasteiger partial charge in [0.15, 0.2) is 5.13 Å². The minimum absolute atomic E-state index is 0.0760. The van der Waals surface area contributed by atoms with Crippen molar-refractivity contribution in [2.24, 2.45) is 0 Å². The molecular formula is C14H17N3OS. The van der Waals surface area contributed by atoms with Gasteiger partial charge in [0.1, 0.15) is 0 Å². The Morgan fingerprint density at radius 1 is 1.26 bits per heavy atom. The fourth-order valence-electron chi connectivity index (χ4n) is 1.76. The van der Waals surface area contributed by atoms with Crippen LogP contribution in [0.25, 0.3) is 0 Å². The van der Waals surface area contributed by atoms with Gasteiger partial charge in [-0.2, -0.15) is 0 Å². The molecule has 0 spiro atoms. The van der Waals surface area contributed by atoms with Crippen LogP contribution in [0.2, 0.25) is 0 Å². The number of anilines is 1. The van der Waals surface area contributed by atoms with E-state index in [4.69, 9.17) is 5.73 Å². The number of hydrogen-bond donors (Lipinski definition) is 2. The molecule has 0 atom stereocenters. The van der Waals surface area contributed by atoms with Gasteiger partial charge in [-0.25, -0.2) is 4.98 Å². The Morgan fingerprint density at radius 3 is 2.74 bits per heavy atom. The lowest BCUT2D eigenvalue weighted by atomic mass is 10.1. The number of rotatable bonds is 6. The third-order valence-corrected chi connectivity index (χ3v) is 3.48. The van der Waals surface area contributed by atoms with Crippen LogP contribution >= 0.6 is 11.3 Å². The molecule has 1 heterocycles. The lowest BCUT2D eigenvalue weighted by molar-refractivity contribution is -0.121. The highest BCUT2D eigenvalue weighted by atomic mass is 32.1. The van der Waals surface area contributed by atoms with E-state index < -0.39 is 0 Å². The van der Waals surface area contributed by atoms with Crippen molar-refractivity contribution in [1.82, 2.24) is 10.3 Å². The van der Waals surface area contributed by atoms with Crippen LogP contribution in [0.1, 0.15) is 17.7 Å². The van der Waals surface area contributed by atoms with Gasteiger partial charge in [-0.3, -0.25) is 4.79 Å². The van der Waals surface area contributed by atoms with Crippen LogP contribution in [-0.2, 0) is 17.6 Å². The molecule has 19 heavy (non-hydrogen) atoms. The standard InChI is InChI=1S/C14H17N3OS/c15-14-17-12(10-19-14)8-9-16-13(18)7-6-11-4-2-1-3-5-11/h1-5,10H,6-9H2,(H2,15,17)(H,16,18). The van der Waals surface area contributed by atoms with Gasteiger partial charge in [0, 0.05) is 24.8 Å². The molecule has 0 saturated carbocycles. The largest absolute Gasteiger partial charge is 0.375 e. The van der Waals surface area contributed by atoms with Gasteiger partial charge in [0.25, 0.3) is 0 Å². The molecular weight excluding hydrogens is 258 g/mol. The summed E-state index contributed by atoms with van der Waals surface area (Å²) in [6, 6.07) is 10.0. The Kier molecular flexibility index (Phi) is 4.92. The summed E-state index contributed by atoms with van der Waals surface area (Å²) < 4.78 is 0. The molecule has 1 aromatic heterocycles. The fourth-order valence-corrected chi connectivity index (χ4v) is 2.36. The first-order valence-electron chi connectivity index (χ1n) is 6.24. The van der Waals surface area contributed by atoms with Crippen molar-refractivity contribution in [1.29, 1.82) is 0 Å². The van der Waals surface area contributed by atoms with Crippen molar-refractivity contribution >= 4 is 22.4 Å². The van der Waals surface area contributed by atoms with Gasteiger partial charge in [0.05, 0.1) is 5.69 Å². The third kappa shape index (κ3) is 4.71. The highest BCUT2D eigenvalue weighted by Crippen LogP contribution is 2.10. The van der Waals surface area contributed by atoms with E-state index in [0.717, 1.165) is 18.5 Å². The lowest BCUT2D eigenvalue weighted by Gasteiger charge is -2.04. The van der Waals surface area contributed by atoms with Crippen LogP contribution in [0.15, 0.2) is 35.7 Å². The van der Waals surface area contributed by atoms with Crippen LogP contribution in [0, 0.1) is 0 Å². The maximum absolute atomic E-state index is 11.7. The average Bonchev–Trinajstić information content (AvgIpc) is 2.83. The zero-order chi connectivity index (χ0) is 13.5.